The lowest BCUT2D eigenvalue weighted by Crippen LogP contribution is -2.50. The third-order valence-corrected chi connectivity index (χ3v) is 4.82. The normalized spacial score (nSPS) is 14.8. The second-order valence-corrected chi connectivity index (χ2v) is 8.43. The van der Waals surface area contributed by atoms with Gasteiger partial charge in [0.15, 0.2) is 5.69 Å². The number of amides is 1. The predicted octanol–water partition coefficient (Wildman–Crippen LogP) is 2.58. The molecule has 1 aromatic heterocycles. The van der Waals surface area contributed by atoms with Gasteiger partial charge in [0.2, 0.25) is 0 Å². The molecule has 2 aromatic rings. The summed E-state index contributed by atoms with van der Waals surface area (Å²) in [5, 5.41) is 10.5. The van der Waals surface area contributed by atoms with Gasteiger partial charge in [0, 0.05) is 38.3 Å². The number of aromatic amines is 1. The molecule has 0 radical (unpaired) electrons. The molecule has 0 bridgehead atoms. The van der Waals surface area contributed by atoms with Crippen LogP contribution in [0.15, 0.2) is 24.3 Å². The van der Waals surface area contributed by atoms with Crippen LogP contribution in [0.1, 0.15) is 38.2 Å². The summed E-state index contributed by atoms with van der Waals surface area (Å²) in [5.41, 5.74) is 0.795. The Morgan fingerprint density at radius 3 is 2.56 bits per heavy atom. The Kier molecular flexibility index (Phi) is 7.68. The van der Waals surface area contributed by atoms with Crippen LogP contribution in [0.2, 0.25) is 0 Å². The number of carbonyl (C=O) groups excluding carboxylic acids is 2. The zero-order valence-electron chi connectivity index (χ0n) is 19.1. The molecular formula is C22H31N5O5. The summed E-state index contributed by atoms with van der Waals surface area (Å²) in [4.78, 5) is 28.2. The van der Waals surface area contributed by atoms with Crippen LogP contribution < -0.4 is 4.74 Å². The molecule has 1 fully saturated rings. The third kappa shape index (κ3) is 6.43. The highest BCUT2D eigenvalue weighted by Crippen LogP contribution is 2.24. The lowest BCUT2D eigenvalue weighted by atomic mass is 10.1. The number of rotatable bonds is 7. The van der Waals surface area contributed by atoms with Gasteiger partial charge in [0.1, 0.15) is 23.7 Å². The van der Waals surface area contributed by atoms with Gasteiger partial charge in [-0.2, -0.15) is 10.3 Å². The first-order chi connectivity index (χ1) is 15.3. The highest BCUT2D eigenvalue weighted by Gasteiger charge is 2.25. The topological polar surface area (TPSA) is 110 Å². The van der Waals surface area contributed by atoms with Gasteiger partial charge in [-0.3, -0.25) is 4.90 Å². The van der Waals surface area contributed by atoms with Crippen molar-refractivity contribution >= 4 is 12.1 Å². The SMILES string of the molecule is CCOC(=O)c1n[nH]nc1-c1cccc(OCCN2CCN(C(=O)OC(C)(C)C)CC2)c1. The standard InChI is InChI=1S/C22H31N5O5/c1-5-30-20(28)19-18(23-25-24-19)16-7-6-8-17(15-16)31-14-13-26-9-11-27(12-10-26)21(29)32-22(2,3)4/h6-8,15H,5,9-14H2,1-4H3,(H,23,24,25). The Morgan fingerprint density at radius 2 is 1.88 bits per heavy atom. The third-order valence-electron chi connectivity index (χ3n) is 4.82. The summed E-state index contributed by atoms with van der Waals surface area (Å²) in [6.07, 6.45) is -0.264. The lowest BCUT2D eigenvalue weighted by molar-refractivity contribution is 0.0136. The van der Waals surface area contributed by atoms with E-state index in [1.54, 1.807) is 11.8 Å². The van der Waals surface area contributed by atoms with Crippen molar-refractivity contribution in [3.05, 3.63) is 30.0 Å². The molecule has 0 atom stereocenters. The van der Waals surface area contributed by atoms with Crippen LogP contribution in [0.3, 0.4) is 0 Å². The van der Waals surface area contributed by atoms with Crippen molar-refractivity contribution in [1.29, 1.82) is 0 Å². The molecule has 174 valence electrons. The van der Waals surface area contributed by atoms with Crippen molar-refractivity contribution in [1.82, 2.24) is 25.2 Å². The molecule has 1 amide bonds. The van der Waals surface area contributed by atoms with Crippen LogP contribution in [0.5, 0.6) is 5.75 Å². The van der Waals surface area contributed by atoms with Gasteiger partial charge < -0.3 is 19.1 Å². The Labute approximate surface area is 187 Å². The number of hydrogen-bond donors (Lipinski definition) is 1. The summed E-state index contributed by atoms with van der Waals surface area (Å²) in [6.45, 7) is 11.7. The summed E-state index contributed by atoms with van der Waals surface area (Å²) < 4.78 is 16.4. The number of benzene rings is 1. The van der Waals surface area contributed by atoms with Gasteiger partial charge in [-0.05, 0) is 39.8 Å². The maximum atomic E-state index is 12.2. The van der Waals surface area contributed by atoms with Crippen molar-refractivity contribution in [2.75, 3.05) is 45.9 Å². The number of aromatic nitrogens is 3. The molecule has 1 N–H and O–H groups in total. The van der Waals surface area contributed by atoms with E-state index in [1.165, 1.54) is 0 Å². The van der Waals surface area contributed by atoms with Gasteiger partial charge in [0.05, 0.1) is 6.61 Å². The number of nitrogens with one attached hydrogen (secondary N) is 1. The second-order valence-electron chi connectivity index (χ2n) is 8.43. The van der Waals surface area contributed by atoms with Crippen molar-refractivity contribution in [3.63, 3.8) is 0 Å². The fourth-order valence-corrected chi connectivity index (χ4v) is 3.28. The van der Waals surface area contributed by atoms with Crippen LogP contribution in [0, 0.1) is 0 Å². The average molecular weight is 446 g/mol. The molecule has 3 rings (SSSR count). The van der Waals surface area contributed by atoms with E-state index in [2.05, 4.69) is 20.3 Å². The number of H-pyrrole nitrogens is 1. The molecule has 0 spiro atoms. The zero-order chi connectivity index (χ0) is 23.1. The fraction of sp³-hybridized carbons (Fsp3) is 0.545. The van der Waals surface area contributed by atoms with Gasteiger partial charge in [-0.1, -0.05) is 12.1 Å². The first kappa shape index (κ1) is 23.5. The van der Waals surface area contributed by atoms with Crippen LogP contribution >= 0.6 is 0 Å². The Morgan fingerprint density at radius 1 is 1.12 bits per heavy atom. The van der Waals surface area contributed by atoms with Gasteiger partial charge in [-0.25, -0.2) is 9.59 Å². The predicted molar refractivity (Wildman–Crippen MR) is 118 cm³/mol. The molecule has 0 unspecified atom stereocenters. The minimum atomic E-state index is -0.520. The van der Waals surface area contributed by atoms with E-state index in [0.717, 1.165) is 19.6 Å². The number of piperazine rings is 1. The molecule has 10 heteroatoms. The van der Waals surface area contributed by atoms with Crippen molar-refractivity contribution in [3.8, 4) is 17.0 Å². The minimum Gasteiger partial charge on any atom is -0.492 e. The van der Waals surface area contributed by atoms with Crippen LogP contribution in [0.4, 0.5) is 4.79 Å². The number of hydrogen-bond acceptors (Lipinski definition) is 8. The first-order valence-corrected chi connectivity index (χ1v) is 10.8. The maximum absolute atomic E-state index is 12.2. The molecule has 1 saturated heterocycles. The molecule has 1 aromatic carbocycles. The first-order valence-electron chi connectivity index (χ1n) is 10.8. The van der Waals surface area contributed by atoms with Crippen molar-refractivity contribution in [2.24, 2.45) is 0 Å². The number of carbonyl (C=O) groups is 2. The van der Waals surface area contributed by atoms with E-state index in [-0.39, 0.29) is 18.4 Å². The highest BCUT2D eigenvalue weighted by atomic mass is 16.6. The van der Waals surface area contributed by atoms with E-state index < -0.39 is 11.6 Å². The zero-order valence-corrected chi connectivity index (χ0v) is 19.1. The summed E-state index contributed by atoms with van der Waals surface area (Å²) in [6, 6.07) is 7.35. The molecule has 10 nitrogen and oxygen atoms in total. The monoisotopic (exact) mass is 445 g/mol. The smallest absolute Gasteiger partial charge is 0.410 e. The molecular weight excluding hydrogens is 414 g/mol. The van der Waals surface area contributed by atoms with E-state index >= 15 is 0 Å². The summed E-state index contributed by atoms with van der Waals surface area (Å²) in [5.74, 6) is 0.154. The van der Waals surface area contributed by atoms with E-state index in [4.69, 9.17) is 14.2 Å². The summed E-state index contributed by atoms with van der Waals surface area (Å²) in [7, 11) is 0. The quantitative estimate of drug-likeness (QED) is 0.648. The van der Waals surface area contributed by atoms with Crippen LogP contribution in [0.25, 0.3) is 11.3 Å². The largest absolute Gasteiger partial charge is 0.492 e. The summed E-state index contributed by atoms with van der Waals surface area (Å²) >= 11 is 0. The van der Waals surface area contributed by atoms with Gasteiger partial charge >= 0.3 is 12.1 Å². The molecule has 1 aliphatic heterocycles. The van der Waals surface area contributed by atoms with Crippen LogP contribution in [-0.4, -0.2) is 88.8 Å². The maximum Gasteiger partial charge on any atom is 0.410 e. The Balaban J connectivity index is 1.49. The lowest BCUT2D eigenvalue weighted by Gasteiger charge is -2.35. The second kappa shape index (κ2) is 10.4. The fourth-order valence-electron chi connectivity index (χ4n) is 3.28. The number of esters is 1. The molecule has 32 heavy (non-hydrogen) atoms. The van der Waals surface area contributed by atoms with E-state index in [0.29, 0.717) is 36.7 Å². The number of nitrogens with zero attached hydrogens (tertiary/aromatic N) is 4. The van der Waals surface area contributed by atoms with E-state index in [9.17, 15) is 9.59 Å². The van der Waals surface area contributed by atoms with Gasteiger partial charge in [0.25, 0.3) is 0 Å². The Bertz CT molecular complexity index is 915. The van der Waals surface area contributed by atoms with Gasteiger partial charge in [-0.15, -0.1) is 5.10 Å². The van der Waals surface area contributed by atoms with Crippen molar-refractivity contribution in [2.45, 2.75) is 33.3 Å². The highest BCUT2D eigenvalue weighted by molar-refractivity contribution is 5.93. The molecule has 0 aliphatic carbocycles. The molecule has 0 saturated carbocycles. The molecule has 2 heterocycles. The molecule has 1 aliphatic rings. The van der Waals surface area contributed by atoms with Crippen molar-refractivity contribution < 1.29 is 23.8 Å². The number of ether oxygens (including phenoxy) is 3. The Hall–Kier alpha value is -3.14. The average Bonchev–Trinajstić information content (AvgIpc) is 3.24. The van der Waals surface area contributed by atoms with Crippen LogP contribution in [-0.2, 0) is 9.47 Å². The van der Waals surface area contributed by atoms with E-state index in [1.807, 2.05) is 45.0 Å². The minimum absolute atomic E-state index is 0.145.